The van der Waals surface area contributed by atoms with Crippen LogP contribution in [0, 0.1) is 0 Å². The lowest BCUT2D eigenvalue weighted by molar-refractivity contribution is -0.274. The van der Waals surface area contributed by atoms with Crippen LogP contribution in [0.3, 0.4) is 0 Å². The van der Waals surface area contributed by atoms with Crippen LogP contribution >= 0.6 is 0 Å². The van der Waals surface area contributed by atoms with Crippen molar-refractivity contribution in [1.29, 1.82) is 0 Å². The summed E-state index contributed by atoms with van der Waals surface area (Å²) in [5.74, 6) is -0.312. The number of rotatable bonds is 6. The Kier molecular flexibility index (Phi) is 5.69. The van der Waals surface area contributed by atoms with Crippen LogP contribution < -0.4 is 15.4 Å². The van der Waals surface area contributed by atoms with Crippen LogP contribution in [0.25, 0.3) is 0 Å². The van der Waals surface area contributed by atoms with Crippen LogP contribution in [-0.2, 0) is 16.4 Å². The van der Waals surface area contributed by atoms with Gasteiger partial charge in [0.25, 0.3) is 0 Å². The third-order valence-electron chi connectivity index (χ3n) is 3.88. The summed E-state index contributed by atoms with van der Waals surface area (Å²) in [6.07, 6.45) is -2.43. The zero-order chi connectivity index (χ0) is 21.9. The summed E-state index contributed by atoms with van der Waals surface area (Å²) in [5.41, 5.74) is 5.39. The number of nitrogens with zero attached hydrogens (tertiary/aromatic N) is 2. The number of oxazole rings is 1. The predicted molar refractivity (Wildman–Crippen MR) is 97.3 cm³/mol. The highest BCUT2D eigenvalue weighted by Gasteiger charge is 2.31. The van der Waals surface area contributed by atoms with E-state index in [-0.39, 0.29) is 27.8 Å². The zero-order valence-electron chi connectivity index (χ0n) is 15.0. The minimum atomic E-state index is -4.91. The summed E-state index contributed by atoms with van der Waals surface area (Å²) in [4.78, 5) is 16.1. The Labute approximate surface area is 168 Å². The molecule has 0 spiro atoms. The van der Waals surface area contributed by atoms with Crippen LogP contribution in [-0.4, -0.2) is 25.8 Å². The van der Waals surface area contributed by atoms with Gasteiger partial charge in [-0.3, -0.25) is 4.90 Å². The van der Waals surface area contributed by atoms with E-state index < -0.39 is 28.0 Å². The van der Waals surface area contributed by atoms with E-state index in [0.29, 0.717) is 0 Å². The van der Waals surface area contributed by atoms with Crippen molar-refractivity contribution >= 4 is 21.6 Å². The first-order chi connectivity index (χ1) is 14.1. The summed E-state index contributed by atoms with van der Waals surface area (Å²) >= 11 is 0. The maximum Gasteiger partial charge on any atom is 0.573 e. The fourth-order valence-electron chi connectivity index (χ4n) is 2.61. The standard InChI is InChI=1S/C18H14F3N3O5S/c19-18(20,21)29-12-5-7-14(8-6-12)30(26,27)16-4-2-1-3-15(16)24(17(22)25)10-13-9-23-11-28-13/h1-9,11H,10H2,(H2,22,25). The lowest BCUT2D eigenvalue weighted by Crippen LogP contribution is -2.36. The molecule has 1 heterocycles. The van der Waals surface area contributed by atoms with E-state index >= 15 is 0 Å². The Morgan fingerprint density at radius 3 is 2.37 bits per heavy atom. The number of primary amides is 1. The van der Waals surface area contributed by atoms with Crippen molar-refractivity contribution in [3.8, 4) is 5.75 Å². The van der Waals surface area contributed by atoms with Gasteiger partial charge in [-0.05, 0) is 36.4 Å². The number of amides is 2. The third kappa shape index (κ3) is 4.71. The van der Waals surface area contributed by atoms with Crippen LogP contribution in [0.15, 0.2) is 75.3 Å². The zero-order valence-corrected chi connectivity index (χ0v) is 15.9. The Hall–Kier alpha value is -3.54. The van der Waals surface area contributed by atoms with Gasteiger partial charge in [-0.15, -0.1) is 13.2 Å². The van der Waals surface area contributed by atoms with E-state index in [4.69, 9.17) is 10.2 Å². The van der Waals surface area contributed by atoms with E-state index in [1.165, 1.54) is 30.5 Å². The third-order valence-corrected chi connectivity index (χ3v) is 5.69. The SMILES string of the molecule is NC(=O)N(Cc1cnco1)c1ccccc1S(=O)(=O)c1ccc(OC(F)(F)F)cc1. The lowest BCUT2D eigenvalue weighted by atomic mass is 10.3. The number of benzene rings is 2. The minimum Gasteiger partial charge on any atom is -0.447 e. The molecule has 2 amide bonds. The van der Waals surface area contributed by atoms with Gasteiger partial charge in [0.1, 0.15) is 11.5 Å². The molecule has 0 atom stereocenters. The van der Waals surface area contributed by atoms with E-state index in [1.54, 1.807) is 0 Å². The minimum absolute atomic E-state index is 0.0305. The monoisotopic (exact) mass is 441 g/mol. The first kappa shape index (κ1) is 21.2. The molecule has 0 fully saturated rings. The number of ether oxygens (including phenoxy) is 1. The molecule has 0 aliphatic rings. The number of para-hydroxylation sites is 1. The Balaban J connectivity index is 2.00. The molecule has 1 aromatic heterocycles. The molecular weight excluding hydrogens is 427 g/mol. The number of alkyl halides is 3. The van der Waals surface area contributed by atoms with Gasteiger partial charge in [0.15, 0.2) is 6.39 Å². The van der Waals surface area contributed by atoms with Crippen LogP contribution in [0.1, 0.15) is 5.76 Å². The van der Waals surface area contributed by atoms with Crippen molar-refractivity contribution in [2.24, 2.45) is 5.73 Å². The molecule has 0 aliphatic carbocycles. The van der Waals surface area contributed by atoms with Gasteiger partial charge < -0.3 is 14.9 Å². The van der Waals surface area contributed by atoms with E-state index in [2.05, 4.69) is 9.72 Å². The van der Waals surface area contributed by atoms with E-state index in [1.807, 2.05) is 0 Å². The van der Waals surface area contributed by atoms with Gasteiger partial charge >= 0.3 is 12.4 Å². The number of aromatic nitrogens is 1. The fourth-order valence-corrected chi connectivity index (χ4v) is 4.07. The number of carbonyl (C=O) groups excluding carboxylic acids is 1. The summed E-state index contributed by atoms with van der Waals surface area (Å²) in [6, 6.07) is 8.32. The maximum absolute atomic E-state index is 13.1. The maximum atomic E-state index is 13.1. The van der Waals surface area contributed by atoms with Crippen molar-refractivity contribution in [1.82, 2.24) is 4.98 Å². The quantitative estimate of drug-likeness (QED) is 0.626. The van der Waals surface area contributed by atoms with Crippen molar-refractivity contribution in [2.75, 3.05) is 4.90 Å². The first-order valence-electron chi connectivity index (χ1n) is 8.22. The van der Waals surface area contributed by atoms with E-state index in [0.717, 1.165) is 35.6 Å². The highest BCUT2D eigenvalue weighted by molar-refractivity contribution is 7.91. The number of anilines is 1. The van der Waals surface area contributed by atoms with Gasteiger partial charge in [0, 0.05) is 0 Å². The van der Waals surface area contributed by atoms with Crippen molar-refractivity contribution in [3.63, 3.8) is 0 Å². The molecule has 158 valence electrons. The molecule has 12 heteroatoms. The smallest absolute Gasteiger partial charge is 0.447 e. The number of halogens is 3. The molecule has 0 unspecified atom stereocenters. The largest absolute Gasteiger partial charge is 0.573 e. The molecule has 0 saturated heterocycles. The van der Waals surface area contributed by atoms with Crippen molar-refractivity contribution < 1.29 is 35.5 Å². The van der Waals surface area contributed by atoms with Gasteiger partial charge in [-0.25, -0.2) is 18.2 Å². The van der Waals surface area contributed by atoms with Gasteiger partial charge in [-0.1, -0.05) is 12.1 Å². The molecule has 0 saturated carbocycles. The van der Waals surface area contributed by atoms with Gasteiger partial charge in [0.05, 0.1) is 28.2 Å². The van der Waals surface area contributed by atoms with Crippen LogP contribution in [0.5, 0.6) is 5.75 Å². The second kappa shape index (κ2) is 8.06. The molecule has 8 nitrogen and oxygen atoms in total. The lowest BCUT2D eigenvalue weighted by Gasteiger charge is -2.22. The number of hydrogen-bond acceptors (Lipinski definition) is 6. The topological polar surface area (TPSA) is 116 Å². The summed E-state index contributed by atoms with van der Waals surface area (Å²) < 4.78 is 72.0. The second-order valence-corrected chi connectivity index (χ2v) is 7.80. The summed E-state index contributed by atoms with van der Waals surface area (Å²) in [6.45, 7) is -0.180. The molecule has 0 aliphatic heterocycles. The Morgan fingerprint density at radius 2 is 1.80 bits per heavy atom. The molecule has 3 rings (SSSR count). The highest BCUT2D eigenvalue weighted by atomic mass is 32.2. The number of carbonyl (C=O) groups is 1. The molecule has 2 aromatic carbocycles. The number of sulfone groups is 1. The molecule has 2 N–H and O–H groups in total. The van der Waals surface area contributed by atoms with Crippen LogP contribution in [0.2, 0.25) is 0 Å². The van der Waals surface area contributed by atoms with Gasteiger partial charge in [0.2, 0.25) is 9.84 Å². The average Bonchev–Trinajstić information content (AvgIpc) is 3.18. The number of urea groups is 1. The first-order valence-corrected chi connectivity index (χ1v) is 9.70. The summed E-state index contributed by atoms with van der Waals surface area (Å²) in [7, 11) is -4.22. The molecule has 0 radical (unpaired) electrons. The Morgan fingerprint density at radius 1 is 1.13 bits per heavy atom. The molecule has 0 bridgehead atoms. The normalized spacial score (nSPS) is 11.8. The molecular formula is C18H14F3N3O5S. The number of nitrogens with two attached hydrogens (primary N) is 1. The fraction of sp³-hybridized carbons (Fsp3) is 0.111. The summed E-state index contributed by atoms with van der Waals surface area (Å²) in [5, 5.41) is 0. The molecule has 3 aromatic rings. The number of hydrogen-bond donors (Lipinski definition) is 1. The Bertz CT molecular complexity index is 1130. The average molecular weight is 441 g/mol. The van der Waals surface area contributed by atoms with Crippen molar-refractivity contribution in [3.05, 3.63) is 66.9 Å². The van der Waals surface area contributed by atoms with E-state index in [9.17, 15) is 26.4 Å². The van der Waals surface area contributed by atoms with Gasteiger partial charge in [-0.2, -0.15) is 0 Å². The predicted octanol–water partition coefficient (Wildman–Crippen LogP) is 3.49. The van der Waals surface area contributed by atoms with Crippen molar-refractivity contribution in [2.45, 2.75) is 22.7 Å². The highest BCUT2D eigenvalue weighted by Crippen LogP contribution is 2.32. The van der Waals surface area contributed by atoms with Crippen LogP contribution in [0.4, 0.5) is 23.7 Å². The second-order valence-electron chi connectivity index (χ2n) is 5.88. The molecule has 30 heavy (non-hydrogen) atoms.